The van der Waals surface area contributed by atoms with Crippen LogP contribution in [-0.4, -0.2) is 34.7 Å². The fourth-order valence-corrected chi connectivity index (χ4v) is 4.87. The zero-order valence-corrected chi connectivity index (χ0v) is 13.5. The molecule has 118 valence electrons. The SMILES string of the molecule is CC(C)c1nc([C@@H]2CCCCCN2S(=O)(=O)C2CC2)no1. The fourth-order valence-electron chi connectivity index (χ4n) is 2.82. The number of aromatic nitrogens is 2. The molecule has 1 atom stereocenters. The summed E-state index contributed by atoms with van der Waals surface area (Å²) in [7, 11) is -3.21. The Morgan fingerprint density at radius 2 is 1.95 bits per heavy atom. The van der Waals surface area contributed by atoms with E-state index in [1.165, 1.54) is 0 Å². The minimum absolute atomic E-state index is 0.158. The number of hydrogen-bond donors (Lipinski definition) is 0. The van der Waals surface area contributed by atoms with Gasteiger partial charge in [0, 0.05) is 12.5 Å². The van der Waals surface area contributed by atoms with Crippen molar-refractivity contribution < 1.29 is 12.9 Å². The summed E-state index contributed by atoms with van der Waals surface area (Å²) >= 11 is 0. The molecule has 2 fully saturated rings. The fraction of sp³-hybridized carbons (Fsp3) is 0.857. The van der Waals surface area contributed by atoms with E-state index in [2.05, 4.69) is 10.1 Å². The number of rotatable bonds is 4. The molecule has 0 N–H and O–H groups in total. The predicted molar refractivity (Wildman–Crippen MR) is 78.2 cm³/mol. The first-order valence-corrected chi connectivity index (χ1v) is 9.34. The number of sulfonamides is 1. The molecule has 21 heavy (non-hydrogen) atoms. The first-order chi connectivity index (χ1) is 10.00. The summed E-state index contributed by atoms with van der Waals surface area (Å²) < 4.78 is 32.2. The lowest BCUT2D eigenvalue weighted by atomic mass is 10.1. The molecule has 1 saturated heterocycles. The summed E-state index contributed by atoms with van der Waals surface area (Å²) in [6.45, 7) is 4.56. The quantitative estimate of drug-likeness (QED) is 0.854. The Kier molecular flexibility index (Phi) is 4.05. The predicted octanol–water partition coefficient (Wildman–Crippen LogP) is 2.60. The van der Waals surface area contributed by atoms with Gasteiger partial charge in [-0.1, -0.05) is 31.8 Å². The lowest BCUT2D eigenvalue weighted by molar-refractivity contribution is 0.300. The molecule has 1 aromatic heterocycles. The van der Waals surface area contributed by atoms with E-state index < -0.39 is 10.0 Å². The summed E-state index contributed by atoms with van der Waals surface area (Å²) in [5.41, 5.74) is 0. The molecule has 0 amide bonds. The Balaban J connectivity index is 1.91. The maximum atomic E-state index is 12.7. The zero-order valence-electron chi connectivity index (χ0n) is 12.7. The van der Waals surface area contributed by atoms with Gasteiger partial charge in [0.25, 0.3) is 0 Å². The topological polar surface area (TPSA) is 76.3 Å². The molecule has 0 bridgehead atoms. The summed E-state index contributed by atoms with van der Waals surface area (Å²) in [4.78, 5) is 4.43. The Bertz CT molecular complexity index is 592. The van der Waals surface area contributed by atoms with Gasteiger partial charge in [0.05, 0.1) is 11.3 Å². The molecule has 1 saturated carbocycles. The Labute approximate surface area is 126 Å². The van der Waals surface area contributed by atoms with Crippen LogP contribution in [0.2, 0.25) is 0 Å². The highest BCUT2D eigenvalue weighted by molar-refractivity contribution is 7.90. The van der Waals surface area contributed by atoms with E-state index >= 15 is 0 Å². The average molecular weight is 313 g/mol. The minimum atomic E-state index is -3.21. The van der Waals surface area contributed by atoms with E-state index in [0.717, 1.165) is 38.5 Å². The Morgan fingerprint density at radius 3 is 2.57 bits per heavy atom. The standard InChI is InChI=1S/C14H23N3O3S/c1-10(2)14-15-13(16-20-14)12-6-4-3-5-9-17(12)21(18,19)11-7-8-11/h10-12H,3-9H2,1-2H3/t12-/m0/s1. The molecule has 1 aliphatic carbocycles. The highest BCUT2D eigenvalue weighted by Crippen LogP contribution is 2.38. The second kappa shape index (κ2) is 5.68. The lowest BCUT2D eigenvalue weighted by Gasteiger charge is -2.26. The van der Waals surface area contributed by atoms with Gasteiger partial charge in [-0.25, -0.2) is 8.42 Å². The molecule has 1 aromatic rings. The molecule has 0 unspecified atom stereocenters. The van der Waals surface area contributed by atoms with E-state index in [0.29, 0.717) is 18.3 Å². The molecule has 2 aliphatic rings. The van der Waals surface area contributed by atoms with Crippen LogP contribution in [0.1, 0.15) is 76.0 Å². The second-order valence-corrected chi connectivity index (χ2v) is 8.53. The van der Waals surface area contributed by atoms with Crippen molar-refractivity contribution in [3.63, 3.8) is 0 Å². The van der Waals surface area contributed by atoms with E-state index in [1.807, 2.05) is 13.8 Å². The van der Waals surface area contributed by atoms with Gasteiger partial charge in [-0.15, -0.1) is 0 Å². The number of nitrogens with zero attached hydrogens (tertiary/aromatic N) is 3. The van der Waals surface area contributed by atoms with Gasteiger partial charge in [-0.3, -0.25) is 0 Å². The first kappa shape index (κ1) is 15.0. The van der Waals surface area contributed by atoms with E-state index in [4.69, 9.17) is 4.52 Å². The summed E-state index contributed by atoms with van der Waals surface area (Å²) in [6, 6.07) is -0.255. The van der Waals surface area contributed by atoms with Gasteiger partial charge >= 0.3 is 0 Å². The Hall–Kier alpha value is -0.950. The number of hydrogen-bond acceptors (Lipinski definition) is 5. The van der Waals surface area contributed by atoms with Crippen LogP contribution in [0.3, 0.4) is 0 Å². The van der Waals surface area contributed by atoms with Gasteiger partial charge in [0.15, 0.2) is 5.82 Å². The normalized spacial score (nSPS) is 25.2. The molecule has 3 rings (SSSR count). The summed E-state index contributed by atoms with van der Waals surface area (Å²) in [6.07, 6.45) is 5.33. The maximum absolute atomic E-state index is 12.7. The molecule has 1 aliphatic heterocycles. The van der Waals surface area contributed by atoms with Crippen LogP contribution in [0, 0.1) is 0 Å². The third kappa shape index (κ3) is 2.99. The highest BCUT2D eigenvalue weighted by atomic mass is 32.2. The third-order valence-corrected chi connectivity index (χ3v) is 6.63. The van der Waals surface area contributed by atoms with Crippen LogP contribution in [-0.2, 0) is 10.0 Å². The maximum Gasteiger partial charge on any atom is 0.229 e. The van der Waals surface area contributed by atoms with E-state index in [9.17, 15) is 8.42 Å². The monoisotopic (exact) mass is 313 g/mol. The molecule has 0 radical (unpaired) electrons. The van der Waals surface area contributed by atoms with Crippen LogP contribution in [0.15, 0.2) is 4.52 Å². The molecule has 7 heteroatoms. The minimum Gasteiger partial charge on any atom is -0.339 e. The van der Waals surface area contributed by atoms with E-state index in [1.54, 1.807) is 4.31 Å². The summed E-state index contributed by atoms with van der Waals surface area (Å²) in [5.74, 6) is 1.27. The lowest BCUT2D eigenvalue weighted by Crippen LogP contribution is -2.37. The van der Waals surface area contributed by atoms with Crippen molar-refractivity contribution in [2.75, 3.05) is 6.54 Å². The highest BCUT2D eigenvalue weighted by Gasteiger charge is 2.44. The van der Waals surface area contributed by atoms with Crippen LogP contribution < -0.4 is 0 Å². The molecular formula is C14H23N3O3S. The zero-order chi connectivity index (χ0) is 15.0. The van der Waals surface area contributed by atoms with Crippen molar-refractivity contribution in [2.45, 2.75) is 69.6 Å². The second-order valence-electron chi connectivity index (χ2n) is 6.37. The first-order valence-electron chi connectivity index (χ1n) is 7.84. The summed E-state index contributed by atoms with van der Waals surface area (Å²) in [5, 5.41) is 3.87. The van der Waals surface area contributed by atoms with Crippen LogP contribution in [0.25, 0.3) is 0 Å². The molecular weight excluding hydrogens is 290 g/mol. The molecule has 0 spiro atoms. The van der Waals surface area contributed by atoms with Gasteiger partial charge < -0.3 is 4.52 Å². The average Bonchev–Trinajstić information content (AvgIpc) is 3.22. The van der Waals surface area contributed by atoms with Crippen LogP contribution in [0.4, 0.5) is 0 Å². The van der Waals surface area contributed by atoms with Crippen LogP contribution >= 0.6 is 0 Å². The largest absolute Gasteiger partial charge is 0.339 e. The molecule has 6 nitrogen and oxygen atoms in total. The molecule has 0 aromatic carbocycles. The van der Waals surface area contributed by atoms with Crippen molar-refractivity contribution in [3.05, 3.63) is 11.7 Å². The van der Waals surface area contributed by atoms with Crippen molar-refractivity contribution >= 4 is 10.0 Å². The Morgan fingerprint density at radius 1 is 1.19 bits per heavy atom. The van der Waals surface area contributed by atoms with Crippen molar-refractivity contribution in [1.82, 2.24) is 14.4 Å². The van der Waals surface area contributed by atoms with Crippen molar-refractivity contribution in [1.29, 1.82) is 0 Å². The smallest absolute Gasteiger partial charge is 0.229 e. The van der Waals surface area contributed by atoms with Gasteiger partial charge in [-0.05, 0) is 25.7 Å². The van der Waals surface area contributed by atoms with Crippen LogP contribution in [0.5, 0.6) is 0 Å². The van der Waals surface area contributed by atoms with Crippen molar-refractivity contribution in [2.24, 2.45) is 0 Å². The van der Waals surface area contributed by atoms with Gasteiger partial charge in [-0.2, -0.15) is 9.29 Å². The van der Waals surface area contributed by atoms with E-state index in [-0.39, 0.29) is 17.2 Å². The molecule has 2 heterocycles. The van der Waals surface area contributed by atoms with Gasteiger partial charge in [0.1, 0.15) is 0 Å². The van der Waals surface area contributed by atoms with Gasteiger partial charge in [0.2, 0.25) is 15.9 Å². The third-order valence-electron chi connectivity index (χ3n) is 4.23. The van der Waals surface area contributed by atoms with Crippen molar-refractivity contribution in [3.8, 4) is 0 Å².